The first-order valence-corrected chi connectivity index (χ1v) is 8.45. The largest absolute Gasteiger partial charge is 0.369 e. The Balaban J connectivity index is 1.79. The summed E-state index contributed by atoms with van der Waals surface area (Å²) in [4.78, 5) is 18.5. The lowest BCUT2D eigenvalue weighted by molar-refractivity contribution is -0.121. The van der Waals surface area contributed by atoms with E-state index >= 15 is 0 Å². The van der Waals surface area contributed by atoms with Crippen molar-refractivity contribution < 1.29 is 4.79 Å². The number of amides is 1. The molecule has 24 heavy (non-hydrogen) atoms. The summed E-state index contributed by atoms with van der Waals surface area (Å²) in [6.07, 6.45) is 1.05. The van der Waals surface area contributed by atoms with Crippen LogP contribution in [0.5, 0.6) is 0 Å². The van der Waals surface area contributed by atoms with Gasteiger partial charge in [-0.3, -0.25) is 9.79 Å². The molecule has 1 fully saturated rings. The summed E-state index contributed by atoms with van der Waals surface area (Å²) in [5.41, 5.74) is 1.02. The van der Waals surface area contributed by atoms with Gasteiger partial charge in [0.1, 0.15) is 0 Å². The Morgan fingerprint density at radius 2 is 2.00 bits per heavy atom. The van der Waals surface area contributed by atoms with Crippen LogP contribution in [0.4, 0.5) is 5.69 Å². The number of nitrogens with zero attached hydrogens (tertiary/aromatic N) is 2. The molecule has 0 aliphatic carbocycles. The second-order valence-electron chi connectivity index (χ2n) is 7.14. The van der Waals surface area contributed by atoms with Gasteiger partial charge in [-0.05, 0) is 39.3 Å². The van der Waals surface area contributed by atoms with Gasteiger partial charge in [-0.1, -0.05) is 18.2 Å². The smallest absolute Gasteiger partial charge is 0.239 e. The predicted octanol–water partition coefficient (Wildman–Crippen LogP) is 1.35. The number of hydrogen-bond donors (Lipinski definition) is 3. The Morgan fingerprint density at radius 3 is 2.62 bits per heavy atom. The Kier molecular flexibility index (Phi) is 6.06. The molecule has 132 valence electrons. The van der Waals surface area contributed by atoms with Crippen molar-refractivity contribution in [3.8, 4) is 0 Å². The molecule has 1 aliphatic heterocycles. The molecule has 6 heteroatoms. The van der Waals surface area contributed by atoms with Crippen molar-refractivity contribution in [2.75, 3.05) is 31.6 Å². The quantitative estimate of drug-likeness (QED) is 0.575. The molecule has 0 spiro atoms. The van der Waals surface area contributed by atoms with Gasteiger partial charge in [0, 0.05) is 37.4 Å². The van der Waals surface area contributed by atoms with Crippen LogP contribution in [0.2, 0.25) is 0 Å². The van der Waals surface area contributed by atoms with Crippen molar-refractivity contribution in [2.45, 2.75) is 38.8 Å². The maximum absolute atomic E-state index is 11.9. The summed E-state index contributed by atoms with van der Waals surface area (Å²) in [6, 6.07) is 10.7. The molecule has 1 atom stereocenters. The minimum atomic E-state index is -0.225. The van der Waals surface area contributed by atoms with Gasteiger partial charge in [0.2, 0.25) is 5.91 Å². The van der Waals surface area contributed by atoms with E-state index in [0.29, 0.717) is 12.0 Å². The van der Waals surface area contributed by atoms with Gasteiger partial charge < -0.3 is 20.9 Å². The highest BCUT2D eigenvalue weighted by Crippen LogP contribution is 2.19. The molecular formula is C18H29N5O. The van der Waals surface area contributed by atoms with E-state index in [1.807, 2.05) is 26.8 Å². The highest BCUT2D eigenvalue weighted by Gasteiger charge is 2.23. The molecule has 1 amide bonds. The van der Waals surface area contributed by atoms with Crippen LogP contribution in [0.15, 0.2) is 35.3 Å². The number of para-hydroxylation sites is 1. The monoisotopic (exact) mass is 331 g/mol. The standard InChI is InChI=1S/C18H29N5O/c1-18(2,3)22-16(24)12-20-17(19-4)21-14-10-11-23(13-14)15-8-6-5-7-9-15/h5-9,14H,10-13H2,1-4H3,(H,22,24)(H2,19,20,21). The van der Waals surface area contributed by atoms with E-state index in [0.717, 1.165) is 19.5 Å². The minimum Gasteiger partial charge on any atom is -0.369 e. The van der Waals surface area contributed by atoms with Gasteiger partial charge in [-0.2, -0.15) is 0 Å². The third-order valence-electron chi connectivity index (χ3n) is 3.80. The van der Waals surface area contributed by atoms with E-state index in [9.17, 15) is 4.79 Å². The first-order chi connectivity index (χ1) is 11.4. The van der Waals surface area contributed by atoms with Crippen LogP contribution in [-0.4, -0.2) is 50.1 Å². The number of nitrogens with one attached hydrogen (secondary N) is 3. The minimum absolute atomic E-state index is 0.0391. The lowest BCUT2D eigenvalue weighted by Gasteiger charge is -2.22. The lowest BCUT2D eigenvalue weighted by atomic mass is 10.1. The average molecular weight is 331 g/mol. The van der Waals surface area contributed by atoms with Gasteiger partial charge in [0.05, 0.1) is 6.54 Å². The number of carbonyl (C=O) groups is 1. The van der Waals surface area contributed by atoms with Crippen LogP contribution >= 0.6 is 0 Å². The van der Waals surface area contributed by atoms with E-state index < -0.39 is 0 Å². The van der Waals surface area contributed by atoms with Gasteiger partial charge in [-0.15, -0.1) is 0 Å². The Hall–Kier alpha value is -2.24. The number of aliphatic imine (C=N–C) groups is 1. The fourth-order valence-corrected chi connectivity index (χ4v) is 2.77. The SMILES string of the molecule is CN=C(NCC(=O)NC(C)(C)C)NC1CCN(c2ccccc2)C1. The fraction of sp³-hybridized carbons (Fsp3) is 0.556. The molecule has 1 aromatic carbocycles. The van der Waals surface area contributed by atoms with Gasteiger partial charge in [0.15, 0.2) is 5.96 Å². The maximum atomic E-state index is 11.9. The molecule has 0 aromatic heterocycles. The zero-order valence-electron chi connectivity index (χ0n) is 15.1. The summed E-state index contributed by atoms with van der Waals surface area (Å²) in [5.74, 6) is 0.627. The molecule has 2 rings (SSSR count). The average Bonchev–Trinajstić information content (AvgIpc) is 2.99. The van der Waals surface area contributed by atoms with E-state index in [-0.39, 0.29) is 18.0 Å². The Morgan fingerprint density at radius 1 is 1.29 bits per heavy atom. The molecule has 0 bridgehead atoms. The van der Waals surface area contributed by atoms with Crippen molar-refractivity contribution >= 4 is 17.6 Å². The van der Waals surface area contributed by atoms with Crippen LogP contribution in [0.1, 0.15) is 27.2 Å². The van der Waals surface area contributed by atoms with Gasteiger partial charge in [0.25, 0.3) is 0 Å². The van der Waals surface area contributed by atoms with Crippen molar-refractivity contribution in [1.82, 2.24) is 16.0 Å². The number of rotatable bonds is 4. The van der Waals surface area contributed by atoms with Gasteiger partial charge >= 0.3 is 0 Å². The van der Waals surface area contributed by atoms with E-state index in [2.05, 4.69) is 50.1 Å². The van der Waals surface area contributed by atoms with Crippen LogP contribution in [0.25, 0.3) is 0 Å². The van der Waals surface area contributed by atoms with Crippen LogP contribution in [0, 0.1) is 0 Å². The molecule has 1 unspecified atom stereocenters. The third kappa shape index (κ3) is 5.76. The number of guanidine groups is 1. The number of hydrogen-bond acceptors (Lipinski definition) is 3. The highest BCUT2D eigenvalue weighted by molar-refractivity contribution is 5.86. The number of benzene rings is 1. The van der Waals surface area contributed by atoms with Gasteiger partial charge in [-0.25, -0.2) is 0 Å². The maximum Gasteiger partial charge on any atom is 0.239 e. The summed E-state index contributed by atoms with van der Waals surface area (Å²) < 4.78 is 0. The Bertz CT molecular complexity index is 565. The molecule has 1 saturated heterocycles. The molecule has 3 N–H and O–H groups in total. The fourth-order valence-electron chi connectivity index (χ4n) is 2.77. The predicted molar refractivity (Wildman–Crippen MR) is 99.5 cm³/mol. The molecule has 6 nitrogen and oxygen atoms in total. The second-order valence-corrected chi connectivity index (χ2v) is 7.14. The normalized spacial score (nSPS) is 18.4. The molecular weight excluding hydrogens is 302 g/mol. The summed E-state index contributed by atoms with van der Waals surface area (Å²) in [7, 11) is 1.72. The van der Waals surface area contributed by atoms with E-state index in [1.165, 1.54) is 5.69 Å². The lowest BCUT2D eigenvalue weighted by Crippen LogP contribution is -2.50. The zero-order chi connectivity index (χ0) is 17.6. The van der Waals surface area contributed by atoms with Crippen LogP contribution in [-0.2, 0) is 4.79 Å². The van der Waals surface area contributed by atoms with Crippen LogP contribution < -0.4 is 20.9 Å². The molecule has 1 heterocycles. The molecule has 1 aromatic rings. The Labute approximate surface area is 144 Å². The summed E-state index contributed by atoms with van der Waals surface area (Å²) in [5, 5.41) is 9.41. The number of anilines is 1. The van der Waals surface area contributed by atoms with E-state index in [4.69, 9.17) is 0 Å². The molecule has 0 radical (unpaired) electrons. The van der Waals surface area contributed by atoms with Crippen LogP contribution in [0.3, 0.4) is 0 Å². The third-order valence-corrected chi connectivity index (χ3v) is 3.80. The topological polar surface area (TPSA) is 68.8 Å². The zero-order valence-corrected chi connectivity index (χ0v) is 15.1. The summed E-state index contributed by atoms with van der Waals surface area (Å²) >= 11 is 0. The molecule has 0 saturated carbocycles. The highest BCUT2D eigenvalue weighted by atomic mass is 16.2. The number of carbonyl (C=O) groups excluding carboxylic acids is 1. The first-order valence-electron chi connectivity index (χ1n) is 8.45. The molecule has 1 aliphatic rings. The summed E-state index contributed by atoms with van der Waals surface area (Å²) in [6.45, 7) is 8.06. The van der Waals surface area contributed by atoms with Crippen molar-refractivity contribution in [2.24, 2.45) is 4.99 Å². The van der Waals surface area contributed by atoms with Crippen molar-refractivity contribution in [1.29, 1.82) is 0 Å². The first kappa shape index (κ1) is 18.1. The van der Waals surface area contributed by atoms with E-state index in [1.54, 1.807) is 7.05 Å². The second kappa shape index (κ2) is 8.04. The van der Waals surface area contributed by atoms with Crippen molar-refractivity contribution in [3.05, 3.63) is 30.3 Å². The van der Waals surface area contributed by atoms with Crippen molar-refractivity contribution in [3.63, 3.8) is 0 Å².